The molecule has 0 aliphatic carbocycles. The average molecular weight is 513 g/mol. The molecule has 0 fully saturated rings. The second-order valence-corrected chi connectivity index (χ2v) is 9.49. The highest BCUT2D eigenvalue weighted by atomic mass is 16.1. The predicted octanol–water partition coefficient (Wildman–Crippen LogP) is 4.78. The molecule has 8 heteroatoms. The summed E-state index contributed by atoms with van der Waals surface area (Å²) < 4.78 is 1.56. The number of benzene rings is 3. The third kappa shape index (κ3) is 4.62. The minimum Gasteiger partial charge on any atom is -0.336 e. The molecule has 0 atom stereocenters. The molecule has 0 saturated heterocycles. The Morgan fingerprint density at radius 3 is 2.54 bits per heavy atom. The number of carbonyl (C=O) groups is 1. The first-order valence-electron chi connectivity index (χ1n) is 12.6. The second kappa shape index (κ2) is 9.88. The largest absolute Gasteiger partial charge is 0.336 e. The Bertz CT molecular complexity index is 1840. The van der Waals surface area contributed by atoms with Crippen molar-refractivity contribution < 1.29 is 4.79 Å². The van der Waals surface area contributed by atoms with Crippen molar-refractivity contribution in [2.75, 3.05) is 16.8 Å². The number of hydrogen-bond donors (Lipinski definition) is 1. The summed E-state index contributed by atoms with van der Waals surface area (Å²) in [7, 11) is 0. The topological polar surface area (TPSA) is 104 Å². The van der Waals surface area contributed by atoms with E-state index in [1.165, 1.54) is 17.2 Å². The van der Waals surface area contributed by atoms with Gasteiger partial charge in [-0.3, -0.25) is 14.2 Å². The first-order chi connectivity index (χ1) is 19.0. The summed E-state index contributed by atoms with van der Waals surface area (Å²) in [6.07, 6.45) is 0.905. The number of hydrogen-bond acceptors (Lipinski definition) is 6. The number of nitriles is 1. The Labute approximate surface area is 224 Å². The van der Waals surface area contributed by atoms with E-state index in [4.69, 9.17) is 15.2 Å². The number of anilines is 2. The third-order valence-corrected chi connectivity index (χ3v) is 6.98. The first kappa shape index (κ1) is 24.1. The van der Waals surface area contributed by atoms with Crippen LogP contribution in [0, 0.1) is 18.3 Å². The van der Waals surface area contributed by atoms with Crippen LogP contribution in [0.1, 0.15) is 32.7 Å². The smallest absolute Gasteiger partial charge is 0.256 e. The molecule has 1 N–H and O–H groups in total. The Hall–Kier alpha value is -5.29. The van der Waals surface area contributed by atoms with E-state index in [-0.39, 0.29) is 11.5 Å². The van der Waals surface area contributed by atoms with E-state index in [1.54, 1.807) is 59.2 Å². The number of rotatable bonds is 4. The van der Waals surface area contributed by atoms with Gasteiger partial charge < -0.3 is 10.2 Å². The molecule has 1 amide bonds. The van der Waals surface area contributed by atoms with Crippen LogP contribution in [0.3, 0.4) is 0 Å². The van der Waals surface area contributed by atoms with Crippen LogP contribution in [-0.2, 0) is 13.0 Å². The van der Waals surface area contributed by atoms with Crippen molar-refractivity contribution in [1.82, 2.24) is 14.5 Å². The standard InChI is InChI=1S/C31H24N6O2/c1-20-27-13-14-28(38)37(29(27)35-31(33-20)36-16-15-22-6-2-3-7-24(22)19-36)26-11-9-23(10-12-26)30(39)34-25-8-4-5-21(17-25)18-32/h2-14,17H,15-16,19H2,1H3,(H,34,39). The van der Waals surface area contributed by atoms with E-state index >= 15 is 0 Å². The summed E-state index contributed by atoms with van der Waals surface area (Å²) >= 11 is 0. The van der Waals surface area contributed by atoms with E-state index in [9.17, 15) is 9.59 Å². The van der Waals surface area contributed by atoms with Crippen molar-refractivity contribution in [3.63, 3.8) is 0 Å². The number of pyridine rings is 1. The highest BCUT2D eigenvalue weighted by Gasteiger charge is 2.20. The fourth-order valence-electron chi connectivity index (χ4n) is 4.94. The Kier molecular flexibility index (Phi) is 6.10. The molecular formula is C31H24N6O2. The highest BCUT2D eigenvalue weighted by molar-refractivity contribution is 6.04. The molecule has 3 aromatic carbocycles. The van der Waals surface area contributed by atoms with Crippen LogP contribution in [0.4, 0.5) is 11.6 Å². The van der Waals surface area contributed by atoms with Crippen LogP contribution in [0.15, 0.2) is 89.7 Å². The molecule has 0 spiro atoms. The molecule has 190 valence electrons. The van der Waals surface area contributed by atoms with Crippen molar-refractivity contribution in [3.05, 3.63) is 123 Å². The van der Waals surface area contributed by atoms with Crippen molar-refractivity contribution in [2.45, 2.75) is 19.9 Å². The number of carbonyl (C=O) groups excluding carboxylic acids is 1. The van der Waals surface area contributed by atoms with Gasteiger partial charge in [0.05, 0.1) is 23.0 Å². The lowest BCUT2D eigenvalue weighted by molar-refractivity contribution is 0.102. The highest BCUT2D eigenvalue weighted by Crippen LogP contribution is 2.25. The molecule has 2 aromatic heterocycles. The Balaban J connectivity index is 1.34. The summed E-state index contributed by atoms with van der Waals surface area (Å²) in [5.74, 6) is 0.275. The maximum Gasteiger partial charge on any atom is 0.256 e. The van der Waals surface area contributed by atoms with E-state index in [0.29, 0.717) is 40.6 Å². The Morgan fingerprint density at radius 2 is 1.74 bits per heavy atom. The van der Waals surface area contributed by atoms with E-state index < -0.39 is 0 Å². The van der Waals surface area contributed by atoms with Gasteiger partial charge in [0.15, 0.2) is 5.65 Å². The van der Waals surface area contributed by atoms with Gasteiger partial charge in [-0.15, -0.1) is 0 Å². The van der Waals surface area contributed by atoms with Gasteiger partial charge in [-0.05, 0) is 73.0 Å². The summed E-state index contributed by atoms with van der Waals surface area (Å²) in [5.41, 5.74) is 5.70. The molecule has 0 unspecified atom stereocenters. The van der Waals surface area contributed by atoms with Crippen LogP contribution in [0.2, 0.25) is 0 Å². The Morgan fingerprint density at radius 1 is 0.949 bits per heavy atom. The first-order valence-corrected chi connectivity index (χ1v) is 12.6. The number of aromatic nitrogens is 3. The molecule has 5 aromatic rings. The third-order valence-electron chi connectivity index (χ3n) is 6.98. The maximum absolute atomic E-state index is 13.1. The van der Waals surface area contributed by atoms with E-state index in [1.807, 2.05) is 13.0 Å². The maximum atomic E-state index is 13.1. The molecule has 1 aliphatic heterocycles. The lowest BCUT2D eigenvalue weighted by Gasteiger charge is -2.29. The molecule has 8 nitrogen and oxygen atoms in total. The molecule has 6 rings (SSSR count). The fourth-order valence-corrected chi connectivity index (χ4v) is 4.94. The molecule has 1 aliphatic rings. The van der Waals surface area contributed by atoms with Gasteiger partial charge in [0.25, 0.3) is 11.5 Å². The van der Waals surface area contributed by atoms with Gasteiger partial charge >= 0.3 is 0 Å². The van der Waals surface area contributed by atoms with Crippen molar-refractivity contribution in [1.29, 1.82) is 5.26 Å². The molecule has 39 heavy (non-hydrogen) atoms. The SMILES string of the molecule is Cc1nc(N2CCc3ccccc3C2)nc2c1ccc(=O)n2-c1ccc(C(=O)Nc2cccc(C#N)c2)cc1. The van der Waals surface area contributed by atoms with Crippen LogP contribution >= 0.6 is 0 Å². The van der Waals surface area contributed by atoms with Crippen LogP contribution in [-0.4, -0.2) is 27.0 Å². The van der Waals surface area contributed by atoms with Crippen molar-refractivity contribution in [3.8, 4) is 11.8 Å². The normalized spacial score (nSPS) is 12.6. The zero-order chi connectivity index (χ0) is 26.9. The molecule has 0 radical (unpaired) electrons. The molecular weight excluding hydrogens is 488 g/mol. The van der Waals surface area contributed by atoms with Gasteiger partial charge in [0.1, 0.15) is 0 Å². The quantitative estimate of drug-likeness (QED) is 0.372. The minimum atomic E-state index is -0.312. The summed E-state index contributed by atoms with van der Waals surface area (Å²) in [6.45, 7) is 3.42. The summed E-state index contributed by atoms with van der Waals surface area (Å²) in [4.78, 5) is 37.7. The molecule has 0 saturated carbocycles. The van der Waals surface area contributed by atoms with Crippen molar-refractivity contribution >= 4 is 28.6 Å². The van der Waals surface area contributed by atoms with Gasteiger partial charge in [-0.2, -0.15) is 10.2 Å². The van der Waals surface area contributed by atoms with Crippen molar-refractivity contribution in [2.24, 2.45) is 0 Å². The van der Waals surface area contributed by atoms with Crippen LogP contribution in [0.5, 0.6) is 0 Å². The van der Waals surface area contributed by atoms with Gasteiger partial charge in [-0.1, -0.05) is 30.3 Å². The monoisotopic (exact) mass is 512 g/mol. The predicted molar refractivity (Wildman–Crippen MR) is 150 cm³/mol. The van der Waals surface area contributed by atoms with Gasteiger partial charge in [0.2, 0.25) is 5.95 Å². The minimum absolute atomic E-state index is 0.221. The lowest BCUT2D eigenvalue weighted by Crippen LogP contribution is -2.32. The van der Waals surface area contributed by atoms with Crippen LogP contribution in [0.25, 0.3) is 16.7 Å². The number of fused-ring (bicyclic) bond motifs is 2. The zero-order valence-electron chi connectivity index (χ0n) is 21.3. The number of nitrogens with zero attached hydrogens (tertiary/aromatic N) is 5. The number of nitrogens with one attached hydrogen (secondary N) is 1. The van der Waals surface area contributed by atoms with E-state index in [2.05, 4.69) is 34.5 Å². The number of aryl methyl sites for hydroxylation is 1. The van der Waals surface area contributed by atoms with E-state index in [0.717, 1.165) is 24.0 Å². The summed E-state index contributed by atoms with van der Waals surface area (Å²) in [5, 5.41) is 12.7. The van der Waals surface area contributed by atoms with Gasteiger partial charge in [0, 0.05) is 35.8 Å². The van der Waals surface area contributed by atoms with Crippen LogP contribution < -0.4 is 15.8 Å². The molecule has 0 bridgehead atoms. The lowest BCUT2D eigenvalue weighted by atomic mass is 10.0. The molecule has 3 heterocycles. The summed E-state index contributed by atoms with van der Waals surface area (Å²) in [6, 6.07) is 27.2. The fraction of sp³-hybridized carbons (Fsp3) is 0.129. The van der Waals surface area contributed by atoms with Gasteiger partial charge in [-0.25, -0.2) is 4.98 Å². The average Bonchev–Trinajstić information content (AvgIpc) is 2.97. The second-order valence-electron chi connectivity index (χ2n) is 9.49. The number of amides is 1. The zero-order valence-corrected chi connectivity index (χ0v) is 21.3.